The van der Waals surface area contributed by atoms with Crippen molar-refractivity contribution in [2.75, 3.05) is 19.7 Å². The summed E-state index contributed by atoms with van der Waals surface area (Å²) in [6.45, 7) is 1.80. The highest BCUT2D eigenvalue weighted by Gasteiger charge is 2.20. The first kappa shape index (κ1) is 11.6. The number of nitrogens with one attached hydrogen (secondary N) is 1. The second-order valence-electron chi connectivity index (χ2n) is 4.12. The van der Waals surface area contributed by atoms with E-state index in [2.05, 4.69) is 11.4 Å². The van der Waals surface area contributed by atoms with Gasteiger partial charge in [0.25, 0.3) is 0 Å². The zero-order valence-corrected chi connectivity index (χ0v) is 10.1. The molecule has 16 heavy (non-hydrogen) atoms. The summed E-state index contributed by atoms with van der Waals surface area (Å²) in [6, 6.07) is 4.07. The number of ether oxygens (including phenoxy) is 1. The molecule has 0 spiro atoms. The van der Waals surface area contributed by atoms with Gasteiger partial charge < -0.3 is 10.1 Å². The minimum Gasteiger partial charge on any atom is -0.464 e. The van der Waals surface area contributed by atoms with E-state index in [1.165, 1.54) is 17.7 Å². The van der Waals surface area contributed by atoms with Crippen LogP contribution in [0.5, 0.6) is 0 Å². The second-order valence-corrected chi connectivity index (χ2v) is 5.16. The van der Waals surface area contributed by atoms with Crippen molar-refractivity contribution in [2.45, 2.75) is 19.3 Å². The molecule has 1 fully saturated rings. The van der Waals surface area contributed by atoms with Gasteiger partial charge in [0.15, 0.2) is 0 Å². The quantitative estimate of drug-likeness (QED) is 0.738. The highest BCUT2D eigenvalue weighted by Crippen LogP contribution is 2.27. The van der Waals surface area contributed by atoms with Gasteiger partial charge in [0.1, 0.15) is 0 Å². The standard InChI is InChI=1S/C12H17NO2S/c14-12(9-13-8-10-3-4-10)15-6-5-11-2-1-7-16-11/h1-2,7,10,13H,3-6,8-9H2. The van der Waals surface area contributed by atoms with Crippen molar-refractivity contribution in [3.63, 3.8) is 0 Å². The Hall–Kier alpha value is -0.870. The van der Waals surface area contributed by atoms with Crippen molar-refractivity contribution in [1.29, 1.82) is 0 Å². The maximum atomic E-state index is 11.3. The van der Waals surface area contributed by atoms with E-state index in [-0.39, 0.29) is 5.97 Å². The summed E-state index contributed by atoms with van der Waals surface area (Å²) in [4.78, 5) is 12.6. The van der Waals surface area contributed by atoms with Crippen LogP contribution in [0.3, 0.4) is 0 Å². The van der Waals surface area contributed by atoms with E-state index in [0.29, 0.717) is 13.2 Å². The predicted octanol–water partition coefficient (Wildman–Crippen LogP) is 1.83. The van der Waals surface area contributed by atoms with Gasteiger partial charge in [0, 0.05) is 11.3 Å². The highest BCUT2D eigenvalue weighted by molar-refractivity contribution is 7.09. The molecule has 1 aromatic rings. The molecule has 1 heterocycles. The number of esters is 1. The summed E-state index contributed by atoms with van der Waals surface area (Å²) in [5, 5.41) is 5.15. The molecule has 1 aliphatic carbocycles. The van der Waals surface area contributed by atoms with Crippen LogP contribution in [0.4, 0.5) is 0 Å². The van der Waals surface area contributed by atoms with Crippen LogP contribution >= 0.6 is 11.3 Å². The first-order valence-electron chi connectivity index (χ1n) is 5.73. The molecule has 1 saturated carbocycles. The zero-order valence-electron chi connectivity index (χ0n) is 9.28. The molecule has 1 N–H and O–H groups in total. The van der Waals surface area contributed by atoms with Crippen LogP contribution in [0.1, 0.15) is 17.7 Å². The molecule has 0 aromatic carbocycles. The molecule has 0 atom stereocenters. The maximum absolute atomic E-state index is 11.3. The lowest BCUT2D eigenvalue weighted by Crippen LogP contribution is -2.26. The Morgan fingerprint density at radius 2 is 2.44 bits per heavy atom. The smallest absolute Gasteiger partial charge is 0.319 e. The van der Waals surface area contributed by atoms with Gasteiger partial charge in [0.2, 0.25) is 0 Å². The number of hydrogen-bond acceptors (Lipinski definition) is 4. The number of rotatable bonds is 7. The third-order valence-electron chi connectivity index (χ3n) is 2.59. The first-order chi connectivity index (χ1) is 7.84. The molecule has 0 aliphatic heterocycles. The Balaban J connectivity index is 1.49. The maximum Gasteiger partial charge on any atom is 0.319 e. The molecule has 0 saturated heterocycles. The Kier molecular flexibility index (Phi) is 4.36. The van der Waals surface area contributed by atoms with Gasteiger partial charge in [-0.15, -0.1) is 11.3 Å². The lowest BCUT2D eigenvalue weighted by molar-refractivity contribution is -0.142. The van der Waals surface area contributed by atoms with E-state index in [1.807, 2.05) is 11.4 Å². The second kappa shape index (κ2) is 6.01. The fourth-order valence-corrected chi connectivity index (χ4v) is 2.16. The number of carbonyl (C=O) groups is 1. The van der Waals surface area contributed by atoms with Crippen LogP contribution in [-0.2, 0) is 16.0 Å². The third kappa shape index (κ3) is 4.33. The first-order valence-corrected chi connectivity index (χ1v) is 6.61. The summed E-state index contributed by atoms with van der Waals surface area (Å²) in [5.41, 5.74) is 0. The average molecular weight is 239 g/mol. The Morgan fingerprint density at radius 1 is 1.56 bits per heavy atom. The van der Waals surface area contributed by atoms with Gasteiger partial charge in [0.05, 0.1) is 13.2 Å². The van der Waals surface area contributed by atoms with Crippen molar-refractivity contribution < 1.29 is 9.53 Å². The zero-order chi connectivity index (χ0) is 11.2. The van der Waals surface area contributed by atoms with Crippen molar-refractivity contribution in [1.82, 2.24) is 5.32 Å². The minimum absolute atomic E-state index is 0.141. The van der Waals surface area contributed by atoms with Crippen LogP contribution in [0.2, 0.25) is 0 Å². The van der Waals surface area contributed by atoms with Gasteiger partial charge in [-0.3, -0.25) is 4.79 Å². The molecule has 1 aliphatic rings. The van der Waals surface area contributed by atoms with Crippen molar-refractivity contribution in [3.8, 4) is 0 Å². The van der Waals surface area contributed by atoms with Gasteiger partial charge in [-0.05, 0) is 36.8 Å². The molecule has 2 rings (SSSR count). The molecule has 0 unspecified atom stereocenters. The number of hydrogen-bond donors (Lipinski definition) is 1. The van der Waals surface area contributed by atoms with Gasteiger partial charge >= 0.3 is 5.97 Å². The van der Waals surface area contributed by atoms with E-state index in [1.54, 1.807) is 11.3 Å². The lowest BCUT2D eigenvalue weighted by atomic mass is 10.4. The van der Waals surface area contributed by atoms with E-state index < -0.39 is 0 Å². The van der Waals surface area contributed by atoms with Crippen molar-refractivity contribution in [2.24, 2.45) is 5.92 Å². The molecule has 4 heteroatoms. The lowest BCUT2D eigenvalue weighted by Gasteiger charge is -2.04. The summed E-state index contributed by atoms with van der Waals surface area (Å²) < 4.78 is 5.12. The van der Waals surface area contributed by atoms with Gasteiger partial charge in [-0.25, -0.2) is 0 Å². The molecule has 0 bridgehead atoms. The van der Waals surface area contributed by atoms with E-state index in [9.17, 15) is 4.79 Å². The largest absolute Gasteiger partial charge is 0.464 e. The number of thiophene rings is 1. The minimum atomic E-state index is -0.141. The van der Waals surface area contributed by atoms with Crippen LogP contribution in [0, 0.1) is 5.92 Å². The summed E-state index contributed by atoms with van der Waals surface area (Å²) >= 11 is 1.70. The highest BCUT2D eigenvalue weighted by atomic mass is 32.1. The summed E-state index contributed by atoms with van der Waals surface area (Å²) in [7, 11) is 0. The van der Waals surface area contributed by atoms with Crippen molar-refractivity contribution >= 4 is 17.3 Å². The van der Waals surface area contributed by atoms with E-state index >= 15 is 0 Å². The normalized spacial score (nSPS) is 15.0. The molecular weight excluding hydrogens is 222 g/mol. The summed E-state index contributed by atoms with van der Waals surface area (Å²) in [5.74, 6) is 0.663. The van der Waals surface area contributed by atoms with Crippen LogP contribution in [0.25, 0.3) is 0 Å². The monoisotopic (exact) mass is 239 g/mol. The fourth-order valence-electron chi connectivity index (χ4n) is 1.47. The Morgan fingerprint density at radius 3 is 3.12 bits per heavy atom. The third-order valence-corrected chi connectivity index (χ3v) is 3.53. The fraction of sp³-hybridized carbons (Fsp3) is 0.583. The van der Waals surface area contributed by atoms with Gasteiger partial charge in [-0.1, -0.05) is 6.07 Å². The van der Waals surface area contributed by atoms with Gasteiger partial charge in [-0.2, -0.15) is 0 Å². The average Bonchev–Trinajstić information content (AvgIpc) is 2.94. The van der Waals surface area contributed by atoms with Crippen LogP contribution in [-0.4, -0.2) is 25.7 Å². The summed E-state index contributed by atoms with van der Waals surface area (Å²) in [6.07, 6.45) is 3.44. The predicted molar refractivity (Wildman–Crippen MR) is 64.6 cm³/mol. The topological polar surface area (TPSA) is 38.3 Å². The van der Waals surface area contributed by atoms with E-state index in [0.717, 1.165) is 18.9 Å². The number of carbonyl (C=O) groups excluding carboxylic acids is 1. The molecule has 0 amide bonds. The van der Waals surface area contributed by atoms with Crippen molar-refractivity contribution in [3.05, 3.63) is 22.4 Å². The Labute approximate surface area is 99.8 Å². The van der Waals surface area contributed by atoms with Crippen LogP contribution < -0.4 is 5.32 Å². The molecule has 1 aromatic heterocycles. The van der Waals surface area contributed by atoms with Crippen LogP contribution in [0.15, 0.2) is 17.5 Å². The molecular formula is C12H17NO2S. The molecule has 0 radical (unpaired) electrons. The van der Waals surface area contributed by atoms with E-state index in [4.69, 9.17) is 4.74 Å². The Bertz CT molecular complexity index is 320. The SMILES string of the molecule is O=C(CNCC1CC1)OCCc1cccs1. The molecule has 88 valence electrons. The molecule has 3 nitrogen and oxygen atoms in total.